The molecule has 0 spiro atoms. The molecule has 134 valence electrons. The highest BCUT2D eigenvalue weighted by Crippen LogP contribution is 2.25. The summed E-state index contributed by atoms with van der Waals surface area (Å²) in [5.74, 6) is 0. The highest BCUT2D eigenvalue weighted by molar-refractivity contribution is 5.63. The van der Waals surface area contributed by atoms with Crippen LogP contribution in [0.4, 0.5) is 0 Å². The maximum atomic E-state index is 5.31. The Kier molecular flexibility index (Phi) is 6.56. The smallest absolute Gasteiger partial charge is 0.169 e. The molecule has 3 aromatic carbocycles. The van der Waals surface area contributed by atoms with Gasteiger partial charge in [-0.05, 0) is 22.3 Å². The van der Waals surface area contributed by atoms with E-state index in [1.807, 2.05) is 12.1 Å². The standard InChI is InChI=1S/C23H25NO2/c1-25-22(26-2)17-24-23(20-11-7-4-8-12-20)21-15-13-19(14-16-21)18-9-5-3-6-10-18/h3-16,22-24H,17H2,1-2H3/t23-/m1/s1. The van der Waals surface area contributed by atoms with Gasteiger partial charge in [0.05, 0.1) is 6.04 Å². The third-order valence-corrected chi connectivity index (χ3v) is 4.50. The van der Waals surface area contributed by atoms with Crippen molar-refractivity contribution >= 4 is 0 Å². The van der Waals surface area contributed by atoms with Crippen LogP contribution < -0.4 is 5.32 Å². The third-order valence-electron chi connectivity index (χ3n) is 4.50. The van der Waals surface area contributed by atoms with Crippen LogP contribution in [0.25, 0.3) is 11.1 Å². The molecule has 3 aromatic rings. The Morgan fingerprint density at radius 2 is 1.15 bits per heavy atom. The lowest BCUT2D eigenvalue weighted by Gasteiger charge is -2.23. The van der Waals surface area contributed by atoms with Gasteiger partial charge < -0.3 is 14.8 Å². The molecule has 0 fully saturated rings. The van der Waals surface area contributed by atoms with E-state index in [2.05, 4.69) is 78.1 Å². The maximum Gasteiger partial charge on any atom is 0.169 e. The Bertz CT molecular complexity index is 768. The van der Waals surface area contributed by atoms with Crippen LogP contribution in [0.3, 0.4) is 0 Å². The second-order valence-corrected chi connectivity index (χ2v) is 6.14. The average molecular weight is 347 g/mol. The van der Waals surface area contributed by atoms with E-state index in [0.717, 1.165) is 0 Å². The first-order valence-corrected chi connectivity index (χ1v) is 8.81. The summed E-state index contributed by atoms with van der Waals surface area (Å²) in [7, 11) is 3.31. The minimum absolute atomic E-state index is 0.0776. The number of benzene rings is 3. The minimum Gasteiger partial charge on any atom is -0.355 e. The molecule has 0 saturated heterocycles. The van der Waals surface area contributed by atoms with Crippen molar-refractivity contribution in [3.63, 3.8) is 0 Å². The van der Waals surface area contributed by atoms with Crippen molar-refractivity contribution < 1.29 is 9.47 Å². The van der Waals surface area contributed by atoms with Crippen LogP contribution in [0.1, 0.15) is 17.2 Å². The van der Waals surface area contributed by atoms with E-state index in [-0.39, 0.29) is 12.3 Å². The summed E-state index contributed by atoms with van der Waals surface area (Å²) < 4.78 is 10.6. The van der Waals surface area contributed by atoms with Gasteiger partial charge in [0.2, 0.25) is 0 Å². The maximum absolute atomic E-state index is 5.31. The van der Waals surface area contributed by atoms with Crippen molar-refractivity contribution in [1.29, 1.82) is 0 Å². The average Bonchev–Trinajstić information content (AvgIpc) is 2.73. The fourth-order valence-electron chi connectivity index (χ4n) is 3.05. The predicted octanol–water partition coefficient (Wildman–Crippen LogP) is 4.65. The molecule has 1 N–H and O–H groups in total. The molecule has 3 heteroatoms. The van der Waals surface area contributed by atoms with Crippen LogP contribution in [0.2, 0.25) is 0 Å². The lowest BCUT2D eigenvalue weighted by atomic mass is 9.96. The second kappa shape index (κ2) is 9.30. The van der Waals surface area contributed by atoms with Crippen LogP contribution in [0.15, 0.2) is 84.9 Å². The Hall–Kier alpha value is -2.46. The van der Waals surface area contributed by atoms with Crippen molar-refractivity contribution in [2.75, 3.05) is 20.8 Å². The molecule has 0 heterocycles. The molecule has 0 saturated carbocycles. The number of nitrogens with one attached hydrogen (secondary N) is 1. The van der Waals surface area contributed by atoms with Gasteiger partial charge in [-0.1, -0.05) is 84.9 Å². The molecule has 3 rings (SSSR count). The van der Waals surface area contributed by atoms with Crippen LogP contribution in [0, 0.1) is 0 Å². The largest absolute Gasteiger partial charge is 0.355 e. The Labute approximate surface area is 155 Å². The molecule has 0 amide bonds. The molecular formula is C23H25NO2. The summed E-state index contributed by atoms with van der Waals surface area (Å²) in [6.45, 7) is 0.604. The van der Waals surface area contributed by atoms with E-state index in [0.29, 0.717) is 6.54 Å². The number of hydrogen-bond donors (Lipinski definition) is 1. The van der Waals surface area contributed by atoms with E-state index in [1.54, 1.807) is 14.2 Å². The fraction of sp³-hybridized carbons (Fsp3) is 0.217. The molecule has 0 aliphatic heterocycles. The van der Waals surface area contributed by atoms with Gasteiger partial charge >= 0.3 is 0 Å². The quantitative estimate of drug-likeness (QED) is 0.602. The van der Waals surface area contributed by atoms with Crippen molar-refractivity contribution in [2.45, 2.75) is 12.3 Å². The number of hydrogen-bond acceptors (Lipinski definition) is 3. The lowest BCUT2D eigenvalue weighted by Crippen LogP contribution is -2.33. The SMILES string of the molecule is COC(CN[C@H](c1ccccc1)c1ccc(-c2ccccc2)cc1)OC. The number of rotatable bonds is 8. The van der Waals surface area contributed by atoms with Gasteiger partial charge in [-0.15, -0.1) is 0 Å². The van der Waals surface area contributed by atoms with E-state index in [1.165, 1.54) is 22.3 Å². The predicted molar refractivity (Wildman–Crippen MR) is 106 cm³/mol. The summed E-state index contributed by atoms with van der Waals surface area (Å²) in [5.41, 5.74) is 4.86. The molecule has 0 radical (unpaired) electrons. The summed E-state index contributed by atoms with van der Waals surface area (Å²) in [6, 6.07) is 29.6. The van der Waals surface area contributed by atoms with Gasteiger partial charge in [0.1, 0.15) is 0 Å². The Balaban J connectivity index is 1.84. The van der Waals surface area contributed by atoms with Gasteiger partial charge in [0, 0.05) is 20.8 Å². The van der Waals surface area contributed by atoms with Crippen LogP contribution in [0.5, 0.6) is 0 Å². The molecule has 0 aliphatic rings. The van der Waals surface area contributed by atoms with Crippen molar-refractivity contribution in [3.8, 4) is 11.1 Å². The van der Waals surface area contributed by atoms with Gasteiger partial charge in [-0.2, -0.15) is 0 Å². The van der Waals surface area contributed by atoms with Crippen LogP contribution in [-0.2, 0) is 9.47 Å². The van der Waals surface area contributed by atoms with Gasteiger partial charge in [0.15, 0.2) is 6.29 Å². The zero-order valence-electron chi connectivity index (χ0n) is 15.3. The molecule has 26 heavy (non-hydrogen) atoms. The van der Waals surface area contributed by atoms with Gasteiger partial charge in [-0.25, -0.2) is 0 Å². The molecular weight excluding hydrogens is 322 g/mol. The highest BCUT2D eigenvalue weighted by Gasteiger charge is 2.16. The highest BCUT2D eigenvalue weighted by atomic mass is 16.7. The first-order valence-electron chi connectivity index (χ1n) is 8.81. The fourth-order valence-corrected chi connectivity index (χ4v) is 3.05. The summed E-state index contributed by atoms with van der Waals surface area (Å²) in [6.07, 6.45) is -0.273. The van der Waals surface area contributed by atoms with Gasteiger partial charge in [-0.3, -0.25) is 0 Å². The van der Waals surface area contributed by atoms with Crippen LogP contribution >= 0.6 is 0 Å². The van der Waals surface area contributed by atoms with Crippen molar-refractivity contribution in [1.82, 2.24) is 5.32 Å². The van der Waals surface area contributed by atoms with Crippen molar-refractivity contribution in [2.24, 2.45) is 0 Å². The topological polar surface area (TPSA) is 30.5 Å². The zero-order chi connectivity index (χ0) is 18.2. The molecule has 0 bridgehead atoms. The molecule has 0 unspecified atom stereocenters. The summed E-state index contributed by atoms with van der Waals surface area (Å²) in [5, 5.41) is 3.56. The summed E-state index contributed by atoms with van der Waals surface area (Å²) >= 11 is 0. The Morgan fingerprint density at radius 1 is 0.654 bits per heavy atom. The zero-order valence-corrected chi connectivity index (χ0v) is 15.3. The second-order valence-electron chi connectivity index (χ2n) is 6.14. The molecule has 0 aliphatic carbocycles. The van der Waals surface area contributed by atoms with E-state index < -0.39 is 0 Å². The molecule has 1 atom stereocenters. The monoisotopic (exact) mass is 347 g/mol. The molecule has 3 nitrogen and oxygen atoms in total. The third kappa shape index (κ3) is 4.58. The van der Waals surface area contributed by atoms with Crippen molar-refractivity contribution in [3.05, 3.63) is 96.1 Å². The van der Waals surface area contributed by atoms with E-state index in [9.17, 15) is 0 Å². The Morgan fingerprint density at radius 3 is 1.73 bits per heavy atom. The lowest BCUT2D eigenvalue weighted by molar-refractivity contribution is -0.0995. The number of methoxy groups -OCH3 is 2. The van der Waals surface area contributed by atoms with Gasteiger partial charge in [0.25, 0.3) is 0 Å². The summed E-state index contributed by atoms with van der Waals surface area (Å²) in [4.78, 5) is 0. The van der Waals surface area contributed by atoms with Crippen LogP contribution in [-0.4, -0.2) is 27.1 Å². The number of ether oxygens (including phenoxy) is 2. The first kappa shape index (κ1) is 18.3. The molecule has 0 aromatic heterocycles. The first-order chi connectivity index (χ1) is 12.8. The van der Waals surface area contributed by atoms with E-state index >= 15 is 0 Å². The van der Waals surface area contributed by atoms with E-state index in [4.69, 9.17) is 9.47 Å². The minimum atomic E-state index is -0.273. The normalized spacial score (nSPS) is 12.3.